The van der Waals surface area contributed by atoms with Gasteiger partial charge >= 0.3 is 6.01 Å². The van der Waals surface area contributed by atoms with Crippen molar-refractivity contribution in [2.24, 2.45) is 5.92 Å². The summed E-state index contributed by atoms with van der Waals surface area (Å²) in [6.07, 6.45) is 8.34. The normalized spacial score (nSPS) is 17.1. The van der Waals surface area contributed by atoms with Crippen molar-refractivity contribution in [1.29, 1.82) is 0 Å². The lowest BCUT2D eigenvalue weighted by molar-refractivity contribution is 0.234. The van der Waals surface area contributed by atoms with Gasteiger partial charge in [0.1, 0.15) is 0 Å². The number of rotatable bonds is 3. The van der Waals surface area contributed by atoms with Crippen molar-refractivity contribution in [2.75, 3.05) is 12.3 Å². The average Bonchev–Trinajstić information content (AvgIpc) is 2.70. The molecule has 0 radical (unpaired) electrons. The fourth-order valence-electron chi connectivity index (χ4n) is 1.77. The van der Waals surface area contributed by atoms with Crippen LogP contribution < -0.4 is 10.5 Å². The molecule has 76 valence electrons. The van der Waals surface area contributed by atoms with Crippen LogP contribution in [0.2, 0.25) is 0 Å². The molecule has 4 heteroatoms. The second-order valence-electron chi connectivity index (χ2n) is 3.76. The molecule has 0 spiro atoms. The Bertz CT molecular complexity index is 280. The summed E-state index contributed by atoms with van der Waals surface area (Å²) in [6, 6.07) is 0.436. The molecule has 14 heavy (non-hydrogen) atoms. The zero-order chi connectivity index (χ0) is 9.80. The lowest BCUT2D eigenvalue weighted by atomic mass is 10.1. The molecule has 4 nitrogen and oxygen atoms in total. The summed E-state index contributed by atoms with van der Waals surface area (Å²) in [5.41, 5.74) is 6.03. The van der Waals surface area contributed by atoms with Crippen LogP contribution in [0.25, 0.3) is 0 Å². The molecule has 0 bridgehead atoms. The molecule has 0 amide bonds. The van der Waals surface area contributed by atoms with E-state index in [0.29, 0.717) is 17.6 Å². The monoisotopic (exact) mass is 193 g/mol. The van der Waals surface area contributed by atoms with Crippen molar-refractivity contribution in [3.05, 3.63) is 12.4 Å². The van der Waals surface area contributed by atoms with Crippen LogP contribution in [-0.4, -0.2) is 16.6 Å². The van der Waals surface area contributed by atoms with Gasteiger partial charge in [-0.2, -0.15) is 0 Å². The quantitative estimate of drug-likeness (QED) is 0.792. The lowest BCUT2D eigenvalue weighted by Crippen LogP contribution is -2.09. The molecular weight excluding hydrogens is 178 g/mol. The highest BCUT2D eigenvalue weighted by Crippen LogP contribution is 2.24. The number of hydrogen-bond donors (Lipinski definition) is 1. The van der Waals surface area contributed by atoms with Gasteiger partial charge in [-0.05, 0) is 18.8 Å². The smallest absolute Gasteiger partial charge is 0.316 e. The van der Waals surface area contributed by atoms with Crippen LogP contribution in [0.1, 0.15) is 25.7 Å². The molecule has 1 saturated carbocycles. The molecule has 0 atom stereocenters. The van der Waals surface area contributed by atoms with Gasteiger partial charge in [0, 0.05) is 0 Å². The standard InChI is InChI=1S/C10H15N3O/c11-9-5-12-10(13-6-9)14-7-8-3-1-2-4-8/h5-6,8H,1-4,7,11H2. The number of nitrogens with zero attached hydrogens (tertiary/aromatic N) is 2. The summed E-state index contributed by atoms with van der Waals surface area (Å²) in [6.45, 7) is 0.740. The molecule has 2 N–H and O–H groups in total. The zero-order valence-electron chi connectivity index (χ0n) is 8.15. The minimum atomic E-state index is 0.436. The van der Waals surface area contributed by atoms with Crippen molar-refractivity contribution in [1.82, 2.24) is 9.97 Å². The highest BCUT2D eigenvalue weighted by atomic mass is 16.5. The van der Waals surface area contributed by atoms with E-state index in [4.69, 9.17) is 10.5 Å². The predicted molar refractivity (Wildman–Crippen MR) is 53.9 cm³/mol. The molecule has 0 aliphatic heterocycles. The first-order valence-corrected chi connectivity index (χ1v) is 5.05. The Labute approximate surface area is 83.5 Å². The largest absolute Gasteiger partial charge is 0.463 e. The van der Waals surface area contributed by atoms with E-state index in [9.17, 15) is 0 Å². The van der Waals surface area contributed by atoms with Crippen molar-refractivity contribution >= 4 is 5.69 Å². The Morgan fingerprint density at radius 3 is 2.57 bits per heavy atom. The van der Waals surface area contributed by atoms with E-state index >= 15 is 0 Å². The number of aromatic nitrogens is 2. The highest BCUT2D eigenvalue weighted by Gasteiger charge is 2.15. The predicted octanol–water partition coefficient (Wildman–Crippen LogP) is 1.63. The van der Waals surface area contributed by atoms with Gasteiger partial charge in [0.25, 0.3) is 0 Å². The first-order chi connectivity index (χ1) is 6.84. The van der Waals surface area contributed by atoms with Crippen molar-refractivity contribution < 1.29 is 4.74 Å². The van der Waals surface area contributed by atoms with Gasteiger partial charge in [0.15, 0.2) is 0 Å². The fourth-order valence-corrected chi connectivity index (χ4v) is 1.77. The second-order valence-corrected chi connectivity index (χ2v) is 3.76. The van der Waals surface area contributed by atoms with E-state index < -0.39 is 0 Å². The number of nitrogens with two attached hydrogens (primary N) is 1. The Morgan fingerprint density at radius 1 is 1.29 bits per heavy atom. The average molecular weight is 193 g/mol. The van der Waals surface area contributed by atoms with Crippen molar-refractivity contribution in [3.8, 4) is 6.01 Å². The molecule has 0 saturated heterocycles. The molecule has 1 aromatic heterocycles. The lowest BCUT2D eigenvalue weighted by Gasteiger charge is -2.09. The summed E-state index contributed by atoms with van der Waals surface area (Å²) in [4.78, 5) is 7.96. The van der Waals surface area contributed by atoms with Crippen LogP contribution in [0.15, 0.2) is 12.4 Å². The fraction of sp³-hybridized carbons (Fsp3) is 0.600. The van der Waals surface area contributed by atoms with Crippen LogP contribution in [0.5, 0.6) is 6.01 Å². The van der Waals surface area contributed by atoms with Crippen LogP contribution in [-0.2, 0) is 0 Å². The summed E-state index contributed by atoms with van der Waals surface area (Å²) >= 11 is 0. The minimum absolute atomic E-state index is 0.436. The molecular formula is C10H15N3O. The maximum absolute atomic E-state index is 5.47. The number of nitrogen functional groups attached to an aromatic ring is 1. The van der Waals surface area contributed by atoms with E-state index in [1.165, 1.54) is 25.7 Å². The van der Waals surface area contributed by atoms with Gasteiger partial charge in [0.2, 0.25) is 0 Å². The maximum Gasteiger partial charge on any atom is 0.316 e. The third kappa shape index (κ3) is 2.34. The third-order valence-electron chi connectivity index (χ3n) is 2.57. The number of ether oxygens (including phenoxy) is 1. The third-order valence-corrected chi connectivity index (χ3v) is 2.57. The van der Waals surface area contributed by atoms with Crippen LogP contribution in [0, 0.1) is 5.92 Å². The van der Waals surface area contributed by atoms with E-state index in [2.05, 4.69) is 9.97 Å². The SMILES string of the molecule is Nc1cnc(OCC2CCCC2)nc1. The molecule has 1 aromatic rings. The summed E-state index contributed by atoms with van der Waals surface area (Å²) in [5, 5.41) is 0. The molecule has 1 heterocycles. The Morgan fingerprint density at radius 2 is 1.93 bits per heavy atom. The first kappa shape index (κ1) is 9.24. The summed E-state index contributed by atoms with van der Waals surface area (Å²) < 4.78 is 5.47. The van der Waals surface area contributed by atoms with E-state index in [-0.39, 0.29) is 0 Å². The van der Waals surface area contributed by atoms with Gasteiger partial charge < -0.3 is 10.5 Å². The number of anilines is 1. The number of hydrogen-bond acceptors (Lipinski definition) is 4. The zero-order valence-corrected chi connectivity index (χ0v) is 8.15. The van der Waals surface area contributed by atoms with Gasteiger partial charge in [-0.3, -0.25) is 0 Å². The van der Waals surface area contributed by atoms with Crippen LogP contribution in [0.3, 0.4) is 0 Å². The Kier molecular flexibility index (Phi) is 2.81. The van der Waals surface area contributed by atoms with E-state index in [1.807, 2.05) is 0 Å². The first-order valence-electron chi connectivity index (χ1n) is 5.05. The van der Waals surface area contributed by atoms with E-state index in [1.54, 1.807) is 12.4 Å². The molecule has 0 unspecified atom stereocenters. The molecule has 0 aromatic carbocycles. The molecule has 1 aliphatic carbocycles. The second kappa shape index (κ2) is 4.26. The summed E-state index contributed by atoms with van der Waals surface area (Å²) in [7, 11) is 0. The van der Waals surface area contributed by atoms with Crippen molar-refractivity contribution in [3.63, 3.8) is 0 Å². The van der Waals surface area contributed by atoms with E-state index in [0.717, 1.165) is 6.61 Å². The van der Waals surface area contributed by atoms with Gasteiger partial charge in [0.05, 0.1) is 24.7 Å². The molecule has 1 fully saturated rings. The van der Waals surface area contributed by atoms with Crippen LogP contribution >= 0.6 is 0 Å². The topological polar surface area (TPSA) is 61.0 Å². The van der Waals surface area contributed by atoms with Gasteiger partial charge in [-0.15, -0.1) is 0 Å². The Balaban J connectivity index is 1.82. The molecule has 1 aliphatic rings. The van der Waals surface area contributed by atoms with Crippen molar-refractivity contribution in [2.45, 2.75) is 25.7 Å². The van der Waals surface area contributed by atoms with Gasteiger partial charge in [-0.25, -0.2) is 9.97 Å². The maximum atomic E-state index is 5.47. The van der Waals surface area contributed by atoms with Crippen LogP contribution in [0.4, 0.5) is 5.69 Å². The Hall–Kier alpha value is -1.32. The van der Waals surface area contributed by atoms with Gasteiger partial charge in [-0.1, -0.05) is 12.8 Å². The molecule has 2 rings (SSSR count). The minimum Gasteiger partial charge on any atom is -0.463 e. The highest BCUT2D eigenvalue weighted by molar-refractivity contribution is 5.30. The summed E-state index contributed by atoms with van der Waals surface area (Å²) in [5.74, 6) is 0.691.